The normalized spacial score (nSPS) is 24.7. The van der Waals surface area contributed by atoms with E-state index in [1.54, 1.807) is 12.3 Å². The van der Waals surface area contributed by atoms with Gasteiger partial charge in [0.1, 0.15) is 11.5 Å². The van der Waals surface area contributed by atoms with Crippen molar-refractivity contribution in [2.24, 2.45) is 0 Å². The fourth-order valence-electron chi connectivity index (χ4n) is 5.51. The minimum atomic E-state index is -3.48. The third-order valence-electron chi connectivity index (χ3n) is 7.67. The van der Waals surface area contributed by atoms with Crippen LogP contribution in [0.4, 0.5) is 16.0 Å². The predicted molar refractivity (Wildman–Crippen MR) is 138 cm³/mol. The zero-order valence-corrected chi connectivity index (χ0v) is 22.1. The molecule has 1 N–H and O–H groups in total. The van der Waals surface area contributed by atoms with Crippen molar-refractivity contribution in [3.8, 4) is 0 Å². The van der Waals surface area contributed by atoms with Gasteiger partial charge in [0.25, 0.3) is 5.91 Å². The summed E-state index contributed by atoms with van der Waals surface area (Å²) in [6.45, 7) is 3.52. The average molecular weight is 532 g/mol. The molecular formula is C26H34FN5O4S. The number of aliphatic hydroxyl groups excluding tert-OH is 1. The fourth-order valence-corrected chi connectivity index (χ4v) is 6.14. The second kappa shape index (κ2) is 10.2. The van der Waals surface area contributed by atoms with Gasteiger partial charge >= 0.3 is 0 Å². The van der Waals surface area contributed by atoms with E-state index in [9.17, 15) is 22.7 Å². The number of aromatic nitrogens is 2. The Kier molecular flexibility index (Phi) is 7.10. The Bertz CT molecular complexity index is 1260. The van der Waals surface area contributed by atoms with Crippen LogP contribution in [0.3, 0.4) is 0 Å². The highest BCUT2D eigenvalue weighted by atomic mass is 32.2. The Labute approximate surface area is 217 Å². The number of rotatable bonds is 6. The fraction of sp³-hybridized carbons (Fsp3) is 0.577. The van der Waals surface area contributed by atoms with Crippen molar-refractivity contribution in [2.45, 2.75) is 74.6 Å². The molecule has 1 unspecified atom stereocenters. The minimum absolute atomic E-state index is 0.0417. The van der Waals surface area contributed by atoms with Gasteiger partial charge in [0, 0.05) is 50.2 Å². The Morgan fingerprint density at radius 2 is 1.76 bits per heavy atom. The van der Waals surface area contributed by atoms with Gasteiger partial charge in [-0.15, -0.1) is 0 Å². The SMILES string of the molecule is CC1CN(c2ccc(S(C)(=O)=O)cc2F)CCN1c1nccc(C(=O)N(C2CCC(O)CC2)C2CC2)n1. The van der Waals surface area contributed by atoms with Gasteiger partial charge in [-0.2, -0.15) is 0 Å². The summed E-state index contributed by atoms with van der Waals surface area (Å²) in [5.74, 6) is -0.171. The van der Waals surface area contributed by atoms with E-state index >= 15 is 0 Å². The molecule has 1 saturated heterocycles. The van der Waals surface area contributed by atoms with Crippen LogP contribution < -0.4 is 9.80 Å². The molecule has 2 saturated carbocycles. The van der Waals surface area contributed by atoms with E-state index in [0.29, 0.717) is 37.0 Å². The molecule has 1 atom stereocenters. The van der Waals surface area contributed by atoms with Crippen molar-refractivity contribution < 1.29 is 22.7 Å². The van der Waals surface area contributed by atoms with E-state index in [0.717, 1.165) is 50.8 Å². The molecule has 1 amide bonds. The third kappa shape index (κ3) is 5.57. The molecule has 0 spiro atoms. The Morgan fingerprint density at radius 1 is 1.08 bits per heavy atom. The lowest BCUT2D eigenvalue weighted by Crippen LogP contribution is -2.53. The minimum Gasteiger partial charge on any atom is -0.393 e. The summed E-state index contributed by atoms with van der Waals surface area (Å²) in [4.78, 5) is 28.5. The number of hydrogen-bond donors (Lipinski definition) is 1. The summed E-state index contributed by atoms with van der Waals surface area (Å²) < 4.78 is 38.3. The highest BCUT2D eigenvalue weighted by Gasteiger charge is 2.40. The van der Waals surface area contributed by atoms with Gasteiger partial charge < -0.3 is 19.8 Å². The molecule has 1 aromatic carbocycles. The summed E-state index contributed by atoms with van der Waals surface area (Å²) in [6.07, 6.45) is 7.46. The highest BCUT2D eigenvalue weighted by Crippen LogP contribution is 2.35. The van der Waals surface area contributed by atoms with Gasteiger partial charge in [0.15, 0.2) is 9.84 Å². The number of carbonyl (C=O) groups excluding carboxylic acids is 1. The summed E-state index contributed by atoms with van der Waals surface area (Å²) in [5, 5.41) is 9.90. The van der Waals surface area contributed by atoms with Crippen LogP contribution in [0.1, 0.15) is 55.9 Å². The third-order valence-corrected chi connectivity index (χ3v) is 8.78. The van der Waals surface area contributed by atoms with Crippen molar-refractivity contribution in [1.82, 2.24) is 14.9 Å². The molecule has 11 heteroatoms. The second-order valence-electron chi connectivity index (χ2n) is 10.5. The molecular weight excluding hydrogens is 497 g/mol. The van der Waals surface area contributed by atoms with Gasteiger partial charge in [0.2, 0.25) is 5.95 Å². The topological polar surface area (TPSA) is 107 Å². The van der Waals surface area contributed by atoms with Crippen LogP contribution >= 0.6 is 0 Å². The standard InChI is InChI=1S/C26H34FN5O4S/c1-17-16-30(24-10-9-21(15-22(24)27)37(2,35)36)13-14-31(17)26-28-12-11-23(29-26)25(34)32(18-3-4-18)19-5-7-20(33)8-6-19/h9-12,15,17-20,33H,3-8,13-14,16H2,1-2H3. The monoisotopic (exact) mass is 531 g/mol. The van der Waals surface area contributed by atoms with Crippen molar-refractivity contribution in [1.29, 1.82) is 0 Å². The summed E-state index contributed by atoms with van der Waals surface area (Å²) >= 11 is 0. The van der Waals surface area contributed by atoms with Crippen LogP contribution in [0, 0.1) is 5.82 Å². The van der Waals surface area contributed by atoms with Gasteiger partial charge in [-0.25, -0.2) is 22.8 Å². The molecule has 2 aliphatic carbocycles. The van der Waals surface area contributed by atoms with Crippen LogP contribution in [-0.4, -0.2) is 84.4 Å². The maximum absolute atomic E-state index is 14.8. The molecule has 2 heterocycles. The molecule has 3 aliphatic rings. The maximum atomic E-state index is 14.8. The smallest absolute Gasteiger partial charge is 0.273 e. The van der Waals surface area contributed by atoms with Crippen molar-refractivity contribution in [3.05, 3.63) is 42.0 Å². The molecule has 5 rings (SSSR count). The van der Waals surface area contributed by atoms with E-state index in [-0.39, 0.29) is 35.0 Å². The van der Waals surface area contributed by atoms with Gasteiger partial charge in [-0.3, -0.25) is 4.79 Å². The second-order valence-corrected chi connectivity index (χ2v) is 12.5. The van der Waals surface area contributed by atoms with Crippen molar-refractivity contribution in [3.63, 3.8) is 0 Å². The number of piperazine rings is 1. The lowest BCUT2D eigenvalue weighted by Gasteiger charge is -2.41. The number of carbonyl (C=O) groups is 1. The zero-order valence-electron chi connectivity index (χ0n) is 21.3. The first kappa shape index (κ1) is 25.8. The van der Waals surface area contributed by atoms with Crippen LogP contribution in [0.15, 0.2) is 35.4 Å². The molecule has 1 aromatic heterocycles. The number of anilines is 2. The summed E-state index contributed by atoms with van der Waals surface area (Å²) in [5.41, 5.74) is 0.737. The molecule has 0 bridgehead atoms. The van der Waals surface area contributed by atoms with E-state index < -0.39 is 15.7 Å². The molecule has 0 radical (unpaired) electrons. The zero-order chi connectivity index (χ0) is 26.3. The molecule has 3 fully saturated rings. The largest absolute Gasteiger partial charge is 0.393 e. The Morgan fingerprint density at radius 3 is 2.35 bits per heavy atom. The Balaban J connectivity index is 1.30. The predicted octanol–water partition coefficient (Wildman–Crippen LogP) is 2.64. The number of nitrogens with zero attached hydrogens (tertiary/aromatic N) is 5. The number of halogens is 1. The van der Waals surface area contributed by atoms with E-state index in [2.05, 4.69) is 9.97 Å². The summed E-state index contributed by atoms with van der Waals surface area (Å²) in [6, 6.07) is 6.00. The highest BCUT2D eigenvalue weighted by molar-refractivity contribution is 7.90. The number of aliphatic hydroxyl groups is 1. The molecule has 9 nitrogen and oxygen atoms in total. The molecule has 200 valence electrons. The molecule has 37 heavy (non-hydrogen) atoms. The van der Waals surface area contributed by atoms with Gasteiger partial charge in [0.05, 0.1) is 16.7 Å². The number of amides is 1. The number of sulfone groups is 1. The number of hydrogen-bond acceptors (Lipinski definition) is 8. The first-order valence-electron chi connectivity index (χ1n) is 13.0. The lowest BCUT2D eigenvalue weighted by atomic mass is 9.91. The quantitative estimate of drug-likeness (QED) is 0.606. The maximum Gasteiger partial charge on any atom is 0.273 e. The summed E-state index contributed by atoms with van der Waals surface area (Å²) in [7, 11) is -3.48. The van der Waals surface area contributed by atoms with Crippen LogP contribution in [-0.2, 0) is 9.84 Å². The molecule has 1 aliphatic heterocycles. The first-order valence-corrected chi connectivity index (χ1v) is 14.9. The molecule has 2 aromatic rings. The van der Waals surface area contributed by atoms with Gasteiger partial charge in [-0.1, -0.05) is 0 Å². The van der Waals surface area contributed by atoms with Crippen molar-refractivity contribution in [2.75, 3.05) is 35.7 Å². The van der Waals surface area contributed by atoms with E-state index in [1.165, 1.54) is 12.1 Å². The van der Waals surface area contributed by atoms with Gasteiger partial charge in [-0.05, 0) is 69.7 Å². The van der Waals surface area contributed by atoms with Crippen molar-refractivity contribution >= 4 is 27.4 Å². The first-order chi connectivity index (χ1) is 17.6. The lowest BCUT2D eigenvalue weighted by molar-refractivity contribution is 0.0470. The van der Waals surface area contributed by atoms with E-state index in [1.807, 2.05) is 21.6 Å². The van der Waals surface area contributed by atoms with Crippen LogP contribution in [0.25, 0.3) is 0 Å². The Hall–Kier alpha value is -2.79. The average Bonchev–Trinajstić information content (AvgIpc) is 3.70. The van der Waals surface area contributed by atoms with Crippen LogP contribution in [0.2, 0.25) is 0 Å². The van der Waals surface area contributed by atoms with E-state index in [4.69, 9.17) is 0 Å². The van der Waals surface area contributed by atoms with Crippen LogP contribution in [0.5, 0.6) is 0 Å². The number of benzene rings is 1.